The Morgan fingerprint density at radius 3 is 2.52 bits per heavy atom. The Labute approximate surface area is 122 Å². The van der Waals surface area contributed by atoms with Crippen molar-refractivity contribution in [1.29, 1.82) is 0 Å². The van der Waals surface area contributed by atoms with Gasteiger partial charge in [-0.25, -0.2) is 0 Å². The van der Waals surface area contributed by atoms with Crippen LogP contribution in [0.1, 0.15) is 44.3 Å². The maximum absolute atomic E-state index is 12.1. The van der Waals surface area contributed by atoms with Crippen molar-refractivity contribution < 1.29 is 23.0 Å². The molecule has 2 N–H and O–H groups in total. The zero-order valence-electron chi connectivity index (χ0n) is 11.9. The van der Waals surface area contributed by atoms with Crippen molar-refractivity contribution in [3.8, 4) is 5.75 Å². The van der Waals surface area contributed by atoms with Crippen molar-refractivity contribution in [2.45, 2.75) is 57.2 Å². The summed E-state index contributed by atoms with van der Waals surface area (Å²) in [6, 6.07) is 6.08. The molecule has 6 heteroatoms. The fourth-order valence-electron chi connectivity index (χ4n) is 2.72. The summed E-state index contributed by atoms with van der Waals surface area (Å²) in [6.07, 6.45) is -1.55. The van der Waals surface area contributed by atoms with E-state index in [0.717, 1.165) is 19.3 Å². The van der Waals surface area contributed by atoms with Crippen LogP contribution < -0.4 is 10.1 Å². The summed E-state index contributed by atoms with van der Waals surface area (Å²) in [5.74, 6) is -0.275. The molecule has 0 aromatic heterocycles. The van der Waals surface area contributed by atoms with Gasteiger partial charge in [0.25, 0.3) is 0 Å². The molecule has 3 nitrogen and oxygen atoms in total. The van der Waals surface area contributed by atoms with Crippen LogP contribution in [0, 0.1) is 0 Å². The summed E-state index contributed by atoms with van der Waals surface area (Å²) in [6.45, 7) is 2.11. The van der Waals surface area contributed by atoms with Crippen LogP contribution in [0.25, 0.3) is 0 Å². The quantitative estimate of drug-likeness (QED) is 0.894. The summed E-state index contributed by atoms with van der Waals surface area (Å²) in [5, 5.41) is 13.6. The number of hydrogen-bond acceptors (Lipinski definition) is 3. The van der Waals surface area contributed by atoms with Crippen LogP contribution in [0.15, 0.2) is 24.3 Å². The van der Waals surface area contributed by atoms with Gasteiger partial charge in [-0.2, -0.15) is 0 Å². The van der Waals surface area contributed by atoms with Gasteiger partial charge in [-0.3, -0.25) is 0 Å². The highest BCUT2D eigenvalue weighted by atomic mass is 19.4. The SMILES string of the molecule is CC1CCCC(CC(O)c2ccc(OC(F)(F)F)cc2)N1. The van der Waals surface area contributed by atoms with Crippen molar-refractivity contribution in [3.63, 3.8) is 0 Å². The van der Waals surface area contributed by atoms with Crippen molar-refractivity contribution in [2.24, 2.45) is 0 Å². The van der Waals surface area contributed by atoms with Crippen LogP contribution in [0.3, 0.4) is 0 Å². The molecule has 1 aliphatic rings. The largest absolute Gasteiger partial charge is 0.573 e. The second kappa shape index (κ2) is 6.66. The highest BCUT2D eigenvalue weighted by Crippen LogP contribution is 2.27. The zero-order chi connectivity index (χ0) is 15.5. The van der Waals surface area contributed by atoms with Crippen LogP contribution in [0.5, 0.6) is 5.75 Å². The van der Waals surface area contributed by atoms with Gasteiger partial charge in [0.15, 0.2) is 0 Å². The molecule has 1 heterocycles. The fraction of sp³-hybridized carbons (Fsp3) is 0.600. The molecule has 1 aromatic carbocycles. The minimum absolute atomic E-state index is 0.245. The number of aliphatic hydroxyl groups excluding tert-OH is 1. The summed E-state index contributed by atoms with van der Waals surface area (Å²) < 4.78 is 40.0. The standard InChI is InChI=1S/C15H20F3NO2/c1-10-3-2-4-12(19-10)9-14(20)11-5-7-13(8-6-11)21-15(16,17)18/h5-8,10,12,14,19-20H,2-4,9H2,1H3. The van der Waals surface area contributed by atoms with E-state index in [1.54, 1.807) is 0 Å². The Hall–Kier alpha value is -1.27. The zero-order valence-corrected chi connectivity index (χ0v) is 11.9. The first-order valence-electron chi connectivity index (χ1n) is 7.13. The van der Waals surface area contributed by atoms with E-state index in [4.69, 9.17) is 0 Å². The Morgan fingerprint density at radius 1 is 1.29 bits per heavy atom. The van der Waals surface area contributed by atoms with Crippen molar-refractivity contribution in [1.82, 2.24) is 5.32 Å². The van der Waals surface area contributed by atoms with Gasteiger partial charge in [0.2, 0.25) is 0 Å². The normalized spacial score (nSPS) is 24.6. The number of piperidine rings is 1. The molecule has 0 aliphatic carbocycles. The predicted molar refractivity (Wildman–Crippen MR) is 72.9 cm³/mol. The molecule has 1 saturated heterocycles. The average Bonchev–Trinajstić information content (AvgIpc) is 2.37. The van der Waals surface area contributed by atoms with Gasteiger partial charge < -0.3 is 15.2 Å². The Kier molecular flexibility index (Phi) is 5.11. The maximum Gasteiger partial charge on any atom is 0.573 e. The second-order valence-corrected chi connectivity index (χ2v) is 5.56. The molecule has 0 amide bonds. The lowest BCUT2D eigenvalue weighted by Gasteiger charge is -2.30. The Bertz CT molecular complexity index is 447. The molecule has 2 rings (SSSR count). The minimum atomic E-state index is -4.69. The Balaban J connectivity index is 1.91. The van der Waals surface area contributed by atoms with E-state index < -0.39 is 12.5 Å². The highest BCUT2D eigenvalue weighted by molar-refractivity contribution is 5.28. The smallest absolute Gasteiger partial charge is 0.406 e. The van der Waals surface area contributed by atoms with Gasteiger partial charge in [0.1, 0.15) is 5.75 Å². The molecule has 1 fully saturated rings. The van der Waals surface area contributed by atoms with Crippen LogP contribution in [-0.2, 0) is 0 Å². The van der Waals surface area contributed by atoms with Crippen molar-refractivity contribution in [3.05, 3.63) is 29.8 Å². The van der Waals surface area contributed by atoms with E-state index in [1.165, 1.54) is 24.3 Å². The van der Waals surface area contributed by atoms with Gasteiger partial charge in [-0.05, 0) is 43.9 Å². The van der Waals surface area contributed by atoms with E-state index in [2.05, 4.69) is 17.0 Å². The topological polar surface area (TPSA) is 41.5 Å². The molecule has 0 spiro atoms. The van der Waals surface area contributed by atoms with Crippen molar-refractivity contribution in [2.75, 3.05) is 0 Å². The predicted octanol–water partition coefficient (Wildman–Crippen LogP) is 3.54. The molecule has 118 valence electrons. The lowest BCUT2D eigenvalue weighted by Crippen LogP contribution is -2.41. The van der Waals surface area contributed by atoms with Crippen LogP contribution in [0.4, 0.5) is 13.2 Å². The molecular weight excluding hydrogens is 283 g/mol. The summed E-state index contributed by atoms with van der Waals surface area (Å²) in [5.41, 5.74) is 0.601. The van der Waals surface area contributed by atoms with Crippen molar-refractivity contribution >= 4 is 0 Å². The van der Waals surface area contributed by atoms with Gasteiger partial charge in [0, 0.05) is 12.1 Å². The summed E-state index contributed by atoms with van der Waals surface area (Å²) in [7, 11) is 0. The number of benzene rings is 1. The lowest BCUT2D eigenvalue weighted by molar-refractivity contribution is -0.274. The van der Waals surface area contributed by atoms with Crippen LogP contribution in [-0.4, -0.2) is 23.6 Å². The molecule has 21 heavy (non-hydrogen) atoms. The van der Waals surface area contributed by atoms with E-state index in [0.29, 0.717) is 18.0 Å². The van der Waals surface area contributed by atoms with E-state index >= 15 is 0 Å². The van der Waals surface area contributed by atoms with Gasteiger partial charge >= 0.3 is 6.36 Å². The minimum Gasteiger partial charge on any atom is -0.406 e. The number of aliphatic hydroxyl groups is 1. The first kappa shape index (κ1) is 16.1. The van der Waals surface area contributed by atoms with E-state index in [9.17, 15) is 18.3 Å². The van der Waals surface area contributed by atoms with Gasteiger partial charge in [-0.15, -0.1) is 13.2 Å². The summed E-state index contributed by atoms with van der Waals surface area (Å²) >= 11 is 0. The van der Waals surface area contributed by atoms with Gasteiger partial charge in [-0.1, -0.05) is 18.6 Å². The average molecular weight is 303 g/mol. The lowest BCUT2D eigenvalue weighted by atomic mass is 9.93. The first-order valence-corrected chi connectivity index (χ1v) is 7.13. The second-order valence-electron chi connectivity index (χ2n) is 5.56. The van der Waals surface area contributed by atoms with Gasteiger partial charge in [0.05, 0.1) is 6.10 Å². The van der Waals surface area contributed by atoms with Crippen LogP contribution in [0.2, 0.25) is 0 Å². The number of hydrogen-bond donors (Lipinski definition) is 2. The number of alkyl halides is 3. The monoisotopic (exact) mass is 303 g/mol. The van der Waals surface area contributed by atoms with E-state index in [-0.39, 0.29) is 11.8 Å². The van der Waals surface area contributed by atoms with Crippen LogP contribution >= 0.6 is 0 Å². The molecular formula is C15H20F3NO2. The third-order valence-corrected chi connectivity index (χ3v) is 3.72. The number of halogens is 3. The maximum atomic E-state index is 12.1. The highest BCUT2D eigenvalue weighted by Gasteiger charge is 2.31. The fourth-order valence-corrected chi connectivity index (χ4v) is 2.72. The Morgan fingerprint density at radius 2 is 1.95 bits per heavy atom. The molecule has 3 unspecified atom stereocenters. The third kappa shape index (κ3) is 5.21. The first-order chi connectivity index (χ1) is 9.83. The van der Waals surface area contributed by atoms with E-state index in [1.807, 2.05) is 0 Å². The summed E-state index contributed by atoms with van der Waals surface area (Å²) in [4.78, 5) is 0. The number of ether oxygens (including phenoxy) is 1. The third-order valence-electron chi connectivity index (χ3n) is 3.72. The molecule has 1 aliphatic heterocycles. The number of rotatable bonds is 4. The molecule has 0 bridgehead atoms. The number of nitrogens with one attached hydrogen (secondary N) is 1. The molecule has 3 atom stereocenters. The molecule has 1 aromatic rings. The molecule has 0 saturated carbocycles. The molecule has 0 radical (unpaired) electrons.